The number of piperidine rings is 1. The van der Waals surface area contributed by atoms with Crippen LogP contribution in [0.3, 0.4) is 0 Å². The van der Waals surface area contributed by atoms with Gasteiger partial charge in [-0.25, -0.2) is 4.39 Å². The molecule has 0 amide bonds. The van der Waals surface area contributed by atoms with Crippen molar-refractivity contribution in [3.63, 3.8) is 0 Å². The summed E-state index contributed by atoms with van der Waals surface area (Å²) in [5, 5.41) is 15.3. The van der Waals surface area contributed by atoms with Gasteiger partial charge in [0, 0.05) is 36.6 Å². The largest absolute Gasteiger partial charge is 0.385 e. The van der Waals surface area contributed by atoms with Gasteiger partial charge in [0.15, 0.2) is 12.0 Å². The van der Waals surface area contributed by atoms with Gasteiger partial charge in [-0.3, -0.25) is 15.0 Å². The number of benzene rings is 3. The van der Waals surface area contributed by atoms with Gasteiger partial charge in [-0.1, -0.05) is 84.4 Å². The Kier molecular flexibility index (Phi) is 8.11. The summed E-state index contributed by atoms with van der Waals surface area (Å²) in [6, 6.07) is 25.8. The number of halogens is 2. The summed E-state index contributed by atoms with van der Waals surface area (Å²) in [6.07, 6.45) is -0.881. The van der Waals surface area contributed by atoms with Crippen molar-refractivity contribution in [3.8, 4) is 0 Å². The quantitative estimate of drug-likeness (QED) is 0.405. The van der Waals surface area contributed by atoms with Crippen molar-refractivity contribution in [2.24, 2.45) is 0 Å². The molecule has 0 spiro atoms. The van der Waals surface area contributed by atoms with E-state index in [4.69, 9.17) is 11.6 Å². The zero-order chi connectivity index (χ0) is 24.0. The third kappa shape index (κ3) is 6.10. The van der Waals surface area contributed by atoms with Crippen LogP contribution in [0.25, 0.3) is 0 Å². The average molecular weight is 481 g/mol. The van der Waals surface area contributed by atoms with Crippen LogP contribution in [0, 0.1) is 0 Å². The van der Waals surface area contributed by atoms with Crippen LogP contribution in [-0.2, 0) is 12.1 Å². The minimum absolute atomic E-state index is 0.0416. The van der Waals surface area contributed by atoms with E-state index in [0.29, 0.717) is 43.1 Å². The number of hydrogen-bond donors (Lipinski definition) is 2. The molecule has 0 radical (unpaired) electrons. The number of hydrogen-bond acceptors (Lipinski definition) is 4. The van der Waals surface area contributed by atoms with Gasteiger partial charge >= 0.3 is 0 Å². The van der Waals surface area contributed by atoms with E-state index >= 15 is 4.39 Å². The Hall–Kier alpha value is -2.57. The fraction of sp³-hybridized carbons (Fsp3) is 0.321. The summed E-state index contributed by atoms with van der Waals surface area (Å²) >= 11 is 6.00. The molecular formula is C28H30ClFN2O2. The predicted molar refractivity (Wildman–Crippen MR) is 134 cm³/mol. The Bertz CT molecular complexity index is 1050. The molecule has 34 heavy (non-hydrogen) atoms. The monoisotopic (exact) mass is 480 g/mol. The van der Waals surface area contributed by atoms with Crippen molar-refractivity contribution in [2.45, 2.75) is 43.7 Å². The molecule has 3 aromatic carbocycles. The van der Waals surface area contributed by atoms with E-state index < -0.39 is 17.6 Å². The number of alkyl halides is 1. The van der Waals surface area contributed by atoms with E-state index in [1.807, 2.05) is 48.5 Å². The van der Waals surface area contributed by atoms with Crippen LogP contribution in [0.2, 0.25) is 5.02 Å². The summed E-state index contributed by atoms with van der Waals surface area (Å²) < 4.78 is 15.2. The fourth-order valence-corrected chi connectivity index (χ4v) is 4.66. The lowest BCUT2D eigenvalue weighted by molar-refractivity contribution is -0.0423. The summed E-state index contributed by atoms with van der Waals surface area (Å²) in [4.78, 5) is 14.8. The molecule has 1 saturated heterocycles. The first-order valence-electron chi connectivity index (χ1n) is 11.7. The van der Waals surface area contributed by atoms with Crippen molar-refractivity contribution in [2.75, 3.05) is 13.1 Å². The second kappa shape index (κ2) is 11.2. The van der Waals surface area contributed by atoms with Gasteiger partial charge in [-0.05, 0) is 36.1 Å². The number of Topliss-reactive ketones (excluding diaryl/α,β-unsaturated/α-hetero) is 1. The number of carbonyl (C=O) groups is 1. The van der Waals surface area contributed by atoms with Crippen molar-refractivity contribution in [3.05, 3.63) is 107 Å². The first-order chi connectivity index (χ1) is 16.4. The number of nitrogens with zero attached hydrogens (tertiary/aromatic N) is 1. The van der Waals surface area contributed by atoms with Crippen LogP contribution in [0.5, 0.6) is 0 Å². The first-order valence-corrected chi connectivity index (χ1v) is 12.1. The van der Waals surface area contributed by atoms with Crippen LogP contribution < -0.4 is 5.32 Å². The summed E-state index contributed by atoms with van der Waals surface area (Å²) in [5.74, 6) is -0.498. The standard InChI is InChI=1S/C28H30ClFN2O2/c29-24-13-11-23(12-14-24)28(34)15-17-32(18-16-28)26(31-20-21-7-3-1-4-8-21)19-25(30)27(33)22-9-5-2-6-10-22/h1-14,25-26,31,34H,15-20H2. The minimum atomic E-state index is -1.62. The Morgan fingerprint density at radius 1 is 0.971 bits per heavy atom. The molecule has 0 aliphatic carbocycles. The molecule has 2 atom stereocenters. The molecule has 0 saturated carbocycles. The number of nitrogens with one attached hydrogen (secondary N) is 1. The Morgan fingerprint density at radius 2 is 1.56 bits per heavy atom. The fourth-order valence-electron chi connectivity index (χ4n) is 4.53. The molecule has 4 nitrogen and oxygen atoms in total. The van der Waals surface area contributed by atoms with Crippen molar-refractivity contribution < 1.29 is 14.3 Å². The highest BCUT2D eigenvalue weighted by molar-refractivity contribution is 6.30. The van der Waals surface area contributed by atoms with Gasteiger partial charge in [-0.15, -0.1) is 0 Å². The van der Waals surface area contributed by atoms with Crippen LogP contribution >= 0.6 is 11.6 Å². The van der Waals surface area contributed by atoms with Crippen LogP contribution in [0.4, 0.5) is 4.39 Å². The Balaban J connectivity index is 1.45. The van der Waals surface area contributed by atoms with E-state index in [9.17, 15) is 9.90 Å². The van der Waals surface area contributed by atoms with Crippen molar-refractivity contribution in [1.29, 1.82) is 0 Å². The zero-order valence-corrected chi connectivity index (χ0v) is 19.8. The lowest BCUT2D eigenvalue weighted by Gasteiger charge is -2.42. The predicted octanol–water partition coefficient (Wildman–Crippen LogP) is 5.35. The third-order valence-corrected chi connectivity index (χ3v) is 6.86. The number of aliphatic hydroxyl groups is 1. The molecule has 2 unspecified atom stereocenters. The van der Waals surface area contributed by atoms with E-state index in [1.54, 1.807) is 36.4 Å². The van der Waals surface area contributed by atoms with Gasteiger partial charge < -0.3 is 5.11 Å². The van der Waals surface area contributed by atoms with E-state index in [1.165, 1.54) is 0 Å². The SMILES string of the molecule is O=C(c1ccccc1)C(F)CC(NCc1ccccc1)N1CCC(O)(c2ccc(Cl)cc2)CC1. The highest BCUT2D eigenvalue weighted by Gasteiger charge is 2.37. The maximum absolute atomic E-state index is 15.2. The molecule has 1 aliphatic rings. The Morgan fingerprint density at radius 3 is 2.18 bits per heavy atom. The smallest absolute Gasteiger partial charge is 0.197 e. The van der Waals surface area contributed by atoms with Gasteiger partial charge in [0.05, 0.1) is 11.8 Å². The number of rotatable bonds is 9. The minimum Gasteiger partial charge on any atom is -0.385 e. The Labute approximate surface area is 205 Å². The third-order valence-electron chi connectivity index (χ3n) is 6.61. The van der Waals surface area contributed by atoms with Gasteiger partial charge in [0.2, 0.25) is 0 Å². The van der Waals surface area contributed by atoms with Crippen LogP contribution in [0.15, 0.2) is 84.9 Å². The normalized spacial score (nSPS) is 17.7. The molecule has 0 aromatic heterocycles. The topological polar surface area (TPSA) is 52.6 Å². The first kappa shape index (κ1) is 24.6. The molecule has 4 rings (SSSR count). The molecule has 2 N–H and O–H groups in total. The van der Waals surface area contributed by atoms with Crippen LogP contribution in [0.1, 0.15) is 40.7 Å². The number of carbonyl (C=O) groups excluding carboxylic acids is 1. The lowest BCUT2D eigenvalue weighted by atomic mass is 9.84. The lowest BCUT2D eigenvalue weighted by Crippen LogP contribution is -2.53. The maximum Gasteiger partial charge on any atom is 0.197 e. The van der Waals surface area contributed by atoms with E-state index in [0.717, 1.165) is 11.1 Å². The molecule has 6 heteroatoms. The number of ketones is 1. The molecule has 1 fully saturated rings. The highest BCUT2D eigenvalue weighted by Crippen LogP contribution is 2.34. The highest BCUT2D eigenvalue weighted by atomic mass is 35.5. The molecule has 178 valence electrons. The van der Waals surface area contributed by atoms with E-state index in [2.05, 4.69) is 10.2 Å². The molecular weight excluding hydrogens is 451 g/mol. The van der Waals surface area contributed by atoms with Gasteiger partial charge in [0.1, 0.15) is 0 Å². The molecule has 0 bridgehead atoms. The number of likely N-dealkylation sites (tertiary alicyclic amines) is 1. The summed E-state index contributed by atoms with van der Waals surface area (Å²) in [7, 11) is 0. The van der Waals surface area contributed by atoms with Gasteiger partial charge in [0.25, 0.3) is 0 Å². The van der Waals surface area contributed by atoms with Crippen molar-refractivity contribution in [1.82, 2.24) is 10.2 Å². The summed E-state index contributed by atoms with van der Waals surface area (Å²) in [6.45, 7) is 1.73. The van der Waals surface area contributed by atoms with E-state index in [-0.39, 0.29) is 12.6 Å². The maximum atomic E-state index is 15.2. The second-order valence-corrected chi connectivity index (χ2v) is 9.33. The molecule has 1 heterocycles. The molecule has 3 aromatic rings. The second-order valence-electron chi connectivity index (χ2n) is 8.89. The average Bonchev–Trinajstić information content (AvgIpc) is 2.88. The van der Waals surface area contributed by atoms with Crippen LogP contribution in [-0.4, -0.2) is 41.2 Å². The zero-order valence-electron chi connectivity index (χ0n) is 19.0. The van der Waals surface area contributed by atoms with Crippen molar-refractivity contribution >= 4 is 17.4 Å². The van der Waals surface area contributed by atoms with Gasteiger partial charge in [-0.2, -0.15) is 0 Å². The molecule has 1 aliphatic heterocycles. The summed E-state index contributed by atoms with van der Waals surface area (Å²) in [5.41, 5.74) is 1.37.